The van der Waals surface area contributed by atoms with E-state index in [-0.39, 0.29) is 0 Å². The molecule has 0 bridgehead atoms. The van der Waals surface area contributed by atoms with Gasteiger partial charge in [-0.3, -0.25) is 0 Å². The minimum absolute atomic E-state index is 0.422. The number of hydrogen-bond acceptors (Lipinski definition) is 1. The van der Waals surface area contributed by atoms with Crippen LogP contribution in [0, 0.1) is 0 Å². The van der Waals surface area contributed by atoms with Gasteiger partial charge < -0.3 is 5.73 Å². The zero-order valence-electron chi connectivity index (χ0n) is 12.0. The first-order chi connectivity index (χ1) is 10.1. The third-order valence-electron chi connectivity index (χ3n) is 3.94. The normalized spacial score (nSPS) is 14.0. The molecule has 0 aliphatic heterocycles. The maximum atomic E-state index is 6.57. The van der Waals surface area contributed by atoms with Gasteiger partial charge in [-0.05, 0) is 47.4 Å². The second-order valence-corrected chi connectivity index (χ2v) is 6.18. The fraction of sp³-hybridized carbons (Fsp3) is 0.158. The highest BCUT2D eigenvalue weighted by Crippen LogP contribution is 2.28. The third kappa shape index (κ3) is 2.94. The molecule has 0 heterocycles. The van der Waals surface area contributed by atoms with Crippen molar-refractivity contribution in [3.05, 3.63) is 82.9 Å². The molecule has 0 aliphatic carbocycles. The number of nitrogens with two attached hydrogens (primary N) is 1. The van der Waals surface area contributed by atoms with Crippen molar-refractivity contribution < 1.29 is 0 Å². The molecule has 3 rings (SSSR count). The van der Waals surface area contributed by atoms with E-state index in [0.29, 0.717) is 0 Å². The van der Waals surface area contributed by atoms with Crippen molar-refractivity contribution in [3.8, 4) is 0 Å². The Morgan fingerprint density at radius 1 is 0.905 bits per heavy atom. The van der Waals surface area contributed by atoms with Crippen LogP contribution in [0.15, 0.2) is 66.7 Å². The van der Waals surface area contributed by atoms with Gasteiger partial charge in [0.1, 0.15) is 0 Å². The minimum Gasteiger partial charge on any atom is -0.321 e. The summed E-state index contributed by atoms with van der Waals surface area (Å²) in [6, 6.07) is 22.6. The molecule has 0 aliphatic rings. The van der Waals surface area contributed by atoms with Gasteiger partial charge in [0.05, 0.1) is 0 Å². The molecule has 0 spiro atoms. The molecule has 2 heteroatoms. The topological polar surface area (TPSA) is 26.0 Å². The van der Waals surface area contributed by atoms with Crippen LogP contribution in [-0.4, -0.2) is 0 Å². The first-order valence-electron chi connectivity index (χ1n) is 7.08. The van der Waals surface area contributed by atoms with Crippen molar-refractivity contribution in [1.82, 2.24) is 0 Å². The van der Waals surface area contributed by atoms with Crippen LogP contribution in [0.5, 0.6) is 0 Å². The number of halogens is 1. The average molecular weight is 296 g/mol. The molecule has 21 heavy (non-hydrogen) atoms. The second-order valence-electron chi connectivity index (χ2n) is 5.74. The van der Waals surface area contributed by atoms with Crippen molar-refractivity contribution in [1.29, 1.82) is 0 Å². The summed E-state index contributed by atoms with van der Waals surface area (Å²) in [5.41, 5.74) is 8.51. The molecule has 0 saturated heterocycles. The SMILES string of the molecule is CC(N)(Cc1cccc2ccccc12)c1ccc(Cl)cc1. The molecule has 0 saturated carbocycles. The van der Waals surface area contributed by atoms with E-state index >= 15 is 0 Å². The maximum Gasteiger partial charge on any atom is 0.0422 e. The summed E-state index contributed by atoms with van der Waals surface area (Å²) in [4.78, 5) is 0. The van der Waals surface area contributed by atoms with Crippen LogP contribution in [0.2, 0.25) is 5.02 Å². The minimum atomic E-state index is -0.422. The van der Waals surface area contributed by atoms with Crippen molar-refractivity contribution in [2.24, 2.45) is 5.73 Å². The van der Waals surface area contributed by atoms with Crippen LogP contribution in [0.25, 0.3) is 10.8 Å². The monoisotopic (exact) mass is 295 g/mol. The van der Waals surface area contributed by atoms with Gasteiger partial charge in [0.25, 0.3) is 0 Å². The van der Waals surface area contributed by atoms with E-state index in [1.54, 1.807) is 0 Å². The molecule has 1 atom stereocenters. The van der Waals surface area contributed by atoms with Crippen LogP contribution in [0.4, 0.5) is 0 Å². The molecular weight excluding hydrogens is 278 g/mol. The molecule has 1 unspecified atom stereocenters. The Balaban J connectivity index is 1.99. The molecular formula is C19H18ClN. The Morgan fingerprint density at radius 3 is 2.33 bits per heavy atom. The zero-order valence-corrected chi connectivity index (χ0v) is 12.8. The van der Waals surface area contributed by atoms with Gasteiger partial charge in [0.15, 0.2) is 0 Å². The first kappa shape index (κ1) is 14.1. The average Bonchev–Trinajstić information content (AvgIpc) is 2.48. The predicted octanol–water partition coefficient (Wildman–Crippen LogP) is 4.91. The summed E-state index contributed by atoms with van der Waals surface area (Å²) in [5, 5.41) is 3.26. The van der Waals surface area contributed by atoms with E-state index in [2.05, 4.69) is 49.4 Å². The van der Waals surface area contributed by atoms with Gasteiger partial charge >= 0.3 is 0 Å². The van der Waals surface area contributed by atoms with Crippen molar-refractivity contribution in [3.63, 3.8) is 0 Å². The predicted molar refractivity (Wildman–Crippen MR) is 90.6 cm³/mol. The van der Waals surface area contributed by atoms with Gasteiger partial charge in [0.2, 0.25) is 0 Å². The van der Waals surface area contributed by atoms with Crippen LogP contribution < -0.4 is 5.73 Å². The van der Waals surface area contributed by atoms with Crippen LogP contribution >= 0.6 is 11.6 Å². The van der Waals surface area contributed by atoms with Crippen molar-refractivity contribution in [2.45, 2.75) is 18.9 Å². The Labute approximate surface area is 130 Å². The zero-order chi connectivity index (χ0) is 14.9. The van der Waals surface area contributed by atoms with Gasteiger partial charge in [-0.15, -0.1) is 0 Å². The van der Waals surface area contributed by atoms with Crippen LogP contribution in [0.1, 0.15) is 18.1 Å². The van der Waals surface area contributed by atoms with E-state index in [9.17, 15) is 0 Å². The lowest BCUT2D eigenvalue weighted by molar-refractivity contribution is 0.493. The van der Waals surface area contributed by atoms with E-state index in [4.69, 9.17) is 17.3 Å². The maximum absolute atomic E-state index is 6.57. The third-order valence-corrected chi connectivity index (χ3v) is 4.19. The number of hydrogen-bond donors (Lipinski definition) is 1. The molecule has 1 nitrogen and oxygen atoms in total. The summed E-state index contributed by atoms with van der Waals surface area (Å²) >= 11 is 5.96. The summed E-state index contributed by atoms with van der Waals surface area (Å²) in [7, 11) is 0. The van der Waals surface area contributed by atoms with Gasteiger partial charge in [-0.1, -0.05) is 66.2 Å². The number of rotatable bonds is 3. The standard InChI is InChI=1S/C19H18ClN/c1-19(21,16-9-11-17(20)12-10-16)13-15-7-4-6-14-5-2-3-8-18(14)15/h2-12H,13,21H2,1H3. The fourth-order valence-electron chi connectivity index (χ4n) is 2.77. The number of benzene rings is 3. The Hall–Kier alpha value is -1.83. The van der Waals surface area contributed by atoms with Crippen LogP contribution in [-0.2, 0) is 12.0 Å². The summed E-state index contributed by atoms with van der Waals surface area (Å²) < 4.78 is 0. The van der Waals surface area contributed by atoms with Gasteiger partial charge in [0, 0.05) is 10.6 Å². The Bertz CT molecular complexity index is 755. The second kappa shape index (κ2) is 5.51. The quantitative estimate of drug-likeness (QED) is 0.730. The summed E-state index contributed by atoms with van der Waals surface area (Å²) in [6.07, 6.45) is 0.788. The molecule has 3 aromatic rings. The van der Waals surface area contributed by atoms with Crippen molar-refractivity contribution in [2.75, 3.05) is 0 Å². The highest BCUT2D eigenvalue weighted by molar-refractivity contribution is 6.30. The lowest BCUT2D eigenvalue weighted by atomic mass is 9.85. The Morgan fingerprint density at radius 2 is 1.57 bits per heavy atom. The first-order valence-corrected chi connectivity index (χ1v) is 7.46. The van der Waals surface area contributed by atoms with E-state index in [0.717, 1.165) is 17.0 Å². The summed E-state index contributed by atoms with van der Waals surface area (Å²) in [5.74, 6) is 0. The number of fused-ring (bicyclic) bond motifs is 1. The molecule has 3 aromatic carbocycles. The molecule has 2 N–H and O–H groups in total. The van der Waals surface area contributed by atoms with Gasteiger partial charge in [-0.25, -0.2) is 0 Å². The molecule has 0 amide bonds. The fourth-order valence-corrected chi connectivity index (χ4v) is 2.90. The van der Waals surface area contributed by atoms with Crippen molar-refractivity contribution >= 4 is 22.4 Å². The smallest absolute Gasteiger partial charge is 0.0422 e. The van der Waals surface area contributed by atoms with E-state index < -0.39 is 5.54 Å². The summed E-state index contributed by atoms with van der Waals surface area (Å²) in [6.45, 7) is 2.07. The molecule has 0 aromatic heterocycles. The Kier molecular flexibility index (Phi) is 3.71. The van der Waals surface area contributed by atoms with E-state index in [1.807, 2.05) is 24.3 Å². The van der Waals surface area contributed by atoms with E-state index in [1.165, 1.54) is 16.3 Å². The highest BCUT2D eigenvalue weighted by atomic mass is 35.5. The lowest BCUT2D eigenvalue weighted by Crippen LogP contribution is -2.35. The van der Waals surface area contributed by atoms with Crippen LogP contribution in [0.3, 0.4) is 0 Å². The largest absolute Gasteiger partial charge is 0.321 e. The molecule has 106 valence electrons. The lowest BCUT2D eigenvalue weighted by Gasteiger charge is -2.26. The highest BCUT2D eigenvalue weighted by Gasteiger charge is 2.22. The molecule has 0 fully saturated rings. The molecule has 0 radical (unpaired) electrons. The van der Waals surface area contributed by atoms with Gasteiger partial charge in [-0.2, -0.15) is 0 Å².